The number of aryl methyl sites for hydroxylation is 1. The Balaban J connectivity index is 1.84. The van der Waals surface area contributed by atoms with Crippen molar-refractivity contribution in [2.24, 2.45) is 0 Å². The number of halogens is 1. The molecule has 0 unspecified atom stereocenters. The fourth-order valence-corrected chi connectivity index (χ4v) is 2.97. The van der Waals surface area contributed by atoms with E-state index in [0.717, 1.165) is 28.4 Å². The number of nitrogens with one attached hydrogen (secondary N) is 2. The second-order valence-corrected chi connectivity index (χ2v) is 5.90. The third kappa shape index (κ3) is 3.12. The lowest BCUT2D eigenvalue weighted by Gasteiger charge is -2.09. The van der Waals surface area contributed by atoms with E-state index in [1.807, 2.05) is 31.2 Å². The maximum Gasteiger partial charge on any atom is 0.219 e. The van der Waals surface area contributed by atoms with E-state index in [9.17, 15) is 4.39 Å². The number of pyridine rings is 1. The quantitative estimate of drug-likeness (QED) is 0.688. The fraction of sp³-hybridized carbons (Fsp3) is 0.188. The summed E-state index contributed by atoms with van der Waals surface area (Å²) in [6, 6.07) is 9.15. The summed E-state index contributed by atoms with van der Waals surface area (Å²) >= 11 is 1.15. The number of aromatic nitrogens is 3. The molecule has 0 spiro atoms. The molecule has 6 nitrogen and oxygen atoms in total. The van der Waals surface area contributed by atoms with Gasteiger partial charge in [-0.2, -0.15) is 15.3 Å². The van der Waals surface area contributed by atoms with Gasteiger partial charge in [-0.05, 0) is 30.7 Å². The third-order valence-corrected chi connectivity index (χ3v) is 4.21. The molecule has 0 aliphatic rings. The van der Waals surface area contributed by atoms with Crippen LogP contribution in [0.25, 0.3) is 10.9 Å². The van der Waals surface area contributed by atoms with Crippen LogP contribution in [0.15, 0.2) is 29.3 Å². The summed E-state index contributed by atoms with van der Waals surface area (Å²) in [7, 11) is 1.43. The average molecular weight is 343 g/mol. The normalized spacial score (nSPS) is 10.6. The van der Waals surface area contributed by atoms with Crippen LogP contribution in [0.4, 0.5) is 10.2 Å². The minimum atomic E-state index is -0.552. The highest BCUT2D eigenvalue weighted by atomic mass is 32.2. The molecule has 0 amide bonds. The zero-order valence-corrected chi connectivity index (χ0v) is 13.9. The van der Waals surface area contributed by atoms with Gasteiger partial charge in [-0.15, -0.1) is 0 Å². The molecule has 122 valence electrons. The Kier molecular flexibility index (Phi) is 4.53. The minimum Gasteiger partial charge on any atom is -0.481 e. The lowest BCUT2D eigenvalue weighted by atomic mass is 10.2. The maximum absolute atomic E-state index is 14.2. The predicted molar refractivity (Wildman–Crippen MR) is 90.4 cm³/mol. The summed E-state index contributed by atoms with van der Waals surface area (Å²) in [5, 5.41) is 17.5. The van der Waals surface area contributed by atoms with Crippen LogP contribution in [0.2, 0.25) is 0 Å². The van der Waals surface area contributed by atoms with Crippen LogP contribution in [0.3, 0.4) is 0 Å². The monoisotopic (exact) mass is 343 g/mol. The first-order chi connectivity index (χ1) is 11.6. The Labute approximate surface area is 142 Å². The largest absolute Gasteiger partial charge is 0.481 e. The van der Waals surface area contributed by atoms with Crippen molar-refractivity contribution in [3.05, 3.63) is 41.2 Å². The molecule has 2 heterocycles. The molecule has 0 atom stereocenters. The van der Waals surface area contributed by atoms with Gasteiger partial charge < -0.3 is 9.46 Å². The maximum atomic E-state index is 14.2. The van der Waals surface area contributed by atoms with Crippen molar-refractivity contribution in [3.8, 4) is 11.9 Å². The van der Waals surface area contributed by atoms with E-state index in [-0.39, 0.29) is 18.1 Å². The number of nitriles is 1. The van der Waals surface area contributed by atoms with Gasteiger partial charge >= 0.3 is 0 Å². The molecule has 0 saturated heterocycles. The van der Waals surface area contributed by atoms with Gasteiger partial charge in [-0.3, -0.25) is 5.10 Å². The average Bonchev–Trinajstić information content (AvgIpc) is 2.96. The molecule has 0 aliphatic carbocycles. The minimum absolute atomic E-state index is 0.0294. The van der Waals surface area contributed by atoms with Crippen LogP contribution in [0.5, 0.6) is 5.88 Å². The summed E-state index contributed by atoms with van der Waals surface area (Å²) in [6.07, 6.45) is 0.0316. The van der Waals surface area contributed by atoms with Gasteiger partial charge in [0.2, 0.25) is 5.88 Å². The molecule has 2 N–H and O–H groups in total. The van der Waals surface area contributed by atoms with Gasteiger partial charge in [0, 0.05) is 22.9 Å². The smallest absolute Gasteiger partial charge is 0.219 e. The van der Waals surface area contributed by atoms with Crippen molar-refractivity contribution in [3.63, 3.8) is 0 Å². The van der Waals surface area contributed by atoms with Crippen LogP contribution in [0, 0.1) is 24.1 Å². The van der Waals surface area contributed by atoms with Gasteiger partial charge in [0.1, 0.15) is 5.03 Å². The van der Waals surface area contributed by atoms with Gasteiger partial charge in [0.05, 0.1) is 25.1 Å². The van der Waals surface area contributed by atoms with Gasteiger partial charge in [0.15, 0.2) is 11.6 Å². The lowest BCUT2D eigenvalue weighted by Crippen LogP contribution is -2.01. The number of hydrogen-bond donors (Lipinski definition) is 2. The lowest BCUT2D eigenvalue weighted by molar-refractivity contribution is 0.392. The van der Waals surface area contributed by atoms with E-state index in [0.29, 0.717) is 10.6 Å². The molecule has 0 radical (unpaired) electrons. The molecule has 8 heteroatoms. The number of H-pyrrole nitrogens is 1. The van der Waals surface area contributed by atoms with E-state index >= 15 is 0 Å². The number of nitrogens with zero attached hydrogens (tertiary/aromatic N) is 3. The van der Waals surface area contributed by atoms with E-state index in [4.69, 9.17) is 10.00 Å². The first-order valence-corrected chi connectivity index (χ1v) is 7.92. The van der Waals surface area contributed by atoms with E-state index in [1.165, 1.54) is 13.2 Å². The Hall–Kier alpha value is -2.79. The van der Waals surface area contributed by atoms with Crippen molar-refractivity contribution in [2.75, 3.05) is 11.8 Å². The second-order valence-electron chi connectivity index (χ2n) is 5.10. The number of fused-ring (bicyclic) bond motifs is 1. The summed E-state index contributed by atoms with van der Waals surface area (Å²) in [5.41, 5.74) is 2.45. The molecule has 2 aromatic heterocycles. The highest BCUT2D eigenvalue weighted by Gasteiger charge is 2.14. The number of aromatic amines is 1. The molecule has 24 heavy (non-hydrogen) atoms. The molecule has 3 rings (SSSR count). The fourth-order valence-electron chi connectivity index (χ4n) is 2.25. The highest BCUT2D eigenvalue weighted by Crippen LogP contribution is 2.29. The second kappa shape index (κ2) is 6.76. The van der Waals surface area contributed by atoms with E-state index < -0.39 is 5.82 Å². The Morgan fingerprint density at radius 1 is 1.42 bits per heavy atom. The Morgan fingerprint density at radius 3 is 3.00 bits per heavy atom. The SMILES string of the molecule is COc1nc(NSc2n[nH]c3cc(C)ccc23)c(F)cc1CC#N. The summed E-state index contributed by atoms with van der Waals surface area (Å²) in [4.78, 5) is 4.08. The van der Waals surface area contributed by atoms with Gasteiger partial charge in [-0.1, -0.05) is 6.07 Å². The molecule has 0 saturated carbocycles. The van der Waals surface area contributed by atoms with Crippen LogP contribution < -0.4 is 9.46 Å². The molecular weight excluding hydrogens is 329 g/mol. The van der Waals surface area contributed by atoms with Crippen molar-refractivity contribution >= 4 is 28.7 Å². The highest BCUT2D eigenvalue weighted by molar-refractivity contribution is 8.00. The Bertz CT molecular complexity index is 934. The Morgan fingerprint density at radius 2 is 2.25 bits per heavy atom. The summed E-state index contributed by atoms with van der Waals surface area (Å²) < 4.78 is 22.1. The summed E-state index contributed by atoms with van der Waals surface area (Å²) in [5.74, 6) is -0.297. The van der Waals surface area contributed by atoms with E-state index in [1.54, 1.807) is 0 Å². The number of benzene rings is 1. The van der Waals surface area contributed by atoms with Crippen LogP contribution in [-0.2, 0) is 6.42 Å². The van der Waals surface area contributed by atoms with Crippen molar-refractivity contribution < 1.29 is 9.13 Å². The predicted octanol–water partition coefficient (Wildman–Crippen LogP) is 3.60. The van der Waals surface area contributed by atoms with Crippen molar-refractivity contribution in [1.82, 2.24) is 15.2 Å². The number of hydrogen-bond acceptors (Lipinski definition) is 6. The molecule has 3 aromatic rings. The van der Waals surface area contributed by atoms with Crippen LogP contribution >= 0.6 is 11.9 Å². The third-order valence-electron chi connectivity index (χ3n) is 3.41. The molecule has 0 aliphatic heterocycles. The standard InChI is InChI=1S/C16H14FN5OS/c1-9-3-4-11-13(7-9)20-21-16(11)24-22-14-12(17)8-10(5-6-18)15(19-14)23-2/h3-4,7-8H,5H2,1-2H3,(H,19,22)(H,20,21). The number of rotatable bonds is 5. The van der Waals surface area contributed by atoms with Gasteiger partial charge in [-0.25, -0.2) is 4.39 Å². The first kappa shape index (κ1) is 16.1. The number of anilines is 1. The van der Waals surface area contributed by atoms with Crippen LogP contribution in [-0.4, -0.2) is 22.3 Å². The summed E-state index contributed by atoms with van der Waals surface area (Å²) in [6.45, 7) is 2.00. The zero-order valence-electron chi connectivity index (χ0n) is 13.1. The van der Waals surface area contributed by atoms with E-state index in [2.05, 4.69) is 19.9 Å². The first-order valence-electron chi connectivity index (χ1n) is 7.10. The van der Waals surface area contributed by atoms with Crippen LogP contribution in [0.1, 0.15) is 11.1 Å². The molecule has 0 bridgehead atoms. The zero-order chi connectivity index (χ0) is 17.1. The van der Waals surface area contributed by atoms with Crippen molar-refractivity contribution in [2.45, 2.75) is 18.4 Å². The topological polar surface area (TPSA) is 86.6 Å². The molecule has 0 fully saturated rings. The van der Waals surface area contributed by atoms with Crippen molar-refractivity contribution in [1.29, 1.82) is 5.26 Å². The molecular formula is C16H14FN5OS. The van der Waals surface area contributed by atoms with Gasteiger partial charge in [0.25, 0.3) is 0 Å². The molecule has 1 aromatic carbocycles. The number of methoxy groups -OCH3 is 1. The number of ether oxygens (including phenoxy) is 1.